The van der Waals surface area contributed by atoms with Crippen LogP contribution in [0.1, 0.15) is 10.4 Å². The number of rotatable bonds is 4. The average molecular weight is 327 g/mol. The highest BCUT2D eigenvalue weighted by Gasteiger charge is 2.25. The summed E-state index contributed by atoms with van der Waals surface area (Å²) in [7, 11) is -2.64. The van der Waals surface area contributed by atoms with E-state index in [9.17, 15) is 13.2 Å². The third-order valence-corrected chi connectivity index (χ3v) is 5.10. The molecule has 0 aromatic heterocycles. The van der Waals surface area contributed by atoms with Gasteiger partial charge in [-0.25, -0.2) is 13.2 Å². The van der Waals surface area contributed by atoms with Crippen molar-refractivity contribution in [1.82, 2.24) is 0 Å². The van der Waals surface area contributed by atoms with Crippen LogP contribution in [-0.2, 0) is 9.84 Å². The molecule has 110 valence electrons. The van der Waals surface area contributed by atoms with Crippen molar-refractivity contribution >= 4 is 27.4 Å². The third-order valence-electron chi connectivity index (χ3n) is 2.83. The molecule has 0 aliphatic rings. The van der Waals surface area contributed by atoms with Gasteiger partial charge in [0.15, 0.2) is 0 Å². The number of carbonyl (C=O) groups is 1. The van der Waals surface area contributed by atoms with Crippen molar-refractivity contribution in [1.29, 1.82) is 0 Å². The van der Waals surface area contributed by atoms with E-state index < -0.39 is 15.8 Å². The zero-order valence-corrected chi connectivity index (χ0v) is 12.5. The van der Waals surface area contributed by atoms with Crippen molar-refractivity contribution in [3.8, 4) is 5.75 Å². The van der Waals surface area contributed by atoms with Crippen LogP contribution in [0, 0.1) is 0 Å². The number of hydrogen-bond donors (Lipinski definition) is 1. The molecule has 0 spiro atoms. The first-order chi connectivity index (χ1) is 9.87. The van der Waals surface area contributed by atoms with Gasteiger partial charge in [-0.15, -0.1) is 0 Å². The molecule has 1 N–H and O–H groups in total. The normalized spacial score (nSPS) is 11.1. The van der Waals surface area contributed by atoms with Crippen LogP contribution in [0.15, 0.2) is 52.3 Å². The molecule has 0 aliphatic carbocycles. The highest BCUT2D eigenvalue weighted by molar-refractivity contribution is 7.91. The number of hydrogen-bond acceptors (Lipinski definition) is 4. The zero-order chi connectivity index (χ0) is 15.6. The van der Waals surface area contributed by atoms with Gasteiger partial charge in [-0.05, 0) is 30.3 Å². The number of halogens is 1. The second-order valence-corrected chi connectivity index (χ2v) is 6.40. The lowest BCUT2D eigenvalue weighted by Gasteiger charge is -2.11. The van der Waals surface area contributed by atoms with Gasteiger partial charge in [-0.1, -0.05) is 23.7 Å². The van der Waals surface area contributed by atoms with Crippen LogP contribution in [0.4, 0.5) is 0 Å². The quantitative estimate of drug-likeness (QED) is 0.934. The van der Waals surface area contributed by atoms with E-state index in [1.54, 1.807) is 12.1 Å². The maximum atomic E-state index is 12.7. The fraction of sp³-hybridized carbons (Fsp3) is 0.0714. The minimum Gasteiger partial charge on any atom is -0.495 e. The first-order valence-corrected chi connectivity index (χ1v) is 7.65. The van der Waals surface area contributed by atoms with Crippen LogP contribution in [0.2, 0.25) is 5.02 Å². The molecule has 2 rings (SSSR count). The number of ether oxygens (including phenoxy) is 1. The standard InChI is InChI=1S/C14H11ClO5S/c1-20-11-4-2-3-5-12(11)21(18,19)13-8-9(14(16)17)6-7-10(13)15/h2-8H,1H3,(H,16,17). The Morgan fingerprint density at radius 2 is 1.81 bits per heavy atom. The lowest BCUT2D eigenvalue weighted by Crippen LogP contribution is -2.07. The van der Waals surface area contributed by atoms with Gasteiger partial charge in [0.25, 0.3) is 0 Å². The Morgan fingerprint density at radius 3 is 2.43 bits per heavy atom. The Hall–Kier alpha value is -2.05. The number of sulfone groups is 1. The molecule has 2 aromatic carbocycles. The second kappa shape index (κ2) is 5.75. The SMILES string of the molecule is COc1ccccc1S(=O)(=O)c1cc(C(=O)O)ccc1Cl. The van der Waals surface area contributed by atoms with Crippen molar-refractivity contribution in [3.63, 3.8) is 0 Å². The first kappa shape index (κ1) is 15.3. The van der Waals surface area contributed by atoms with Gasteiger partial charge in [0.2, 0.25) is 9.84 Å². The number of aromatic carboxylic acids is 1. The molecule has 21 heavy (non-hydrogen) atoms. The van der Waals surface area contributed by atoms with Gasteiger partial charge < -0.3 is 9.84 Å². The van der Waals surface area contributed by atoms with Gasteiger partial charge >= 0.3 is 5.97 Å². The molecule has 0 heterocycles. The summed E-state index contributed by atoms with van der Waals surface area (Å²) >= 11 is 5.92. The molecule has 0 saturated carbocycles. The topological polar surface area (TPSA) is 80.7 Å². The summed E-state index contributed by atoms with van der Waals surface area (Å²) in [5.41, 5.74) is -0.159. The summed E-state index contributed by atoms with van der Waals surface area (Å²) in [5.74, 6) is -1.07. The van der Waals surface area contributed by atoms with Crippen molar-refractivity contribution < 1.29 is 23.1 Å². The number of carboxylic acids is 1. The molecule has 0 aliphatic heterocycles. The Kier molecular flexibility index (Phi) is 4.20. The number of methoxy groups -OCH3 is 1. The predicted octanol–water partition coefficient (Wildman–Crippen LogP) is 2.88. The number of carboxylic acid groups (broad SMARTS) is 1. The minimum absolute atomic E-state index is 0.0501. The molecular weight excluding hydrogens is 316 g/mol. The van der Waals surface area contributed by atoms with Gasteiger partial charge in [0.05, 0.1) is 22.6 Å². The first-order valence-electron chi connectivity index (χ1n) is 5.79. The third kappa shape index (κ3) is 2.86. The lowest BCUT2D eigenvalue weighted by molar-refractivity contribution is 0.0696. The predicted molar refractivity (Wildman–Crippen MR) is 76.9 cm³/mol. The van der Waals surface area contributed by atoms with Gasteiger partial charge in [-0.3, -0.25) is 0 Å². The highest BCUT2D eigenvalue weighted by atomic mass is 35.5. The number of benzene rings is 2. The molecule has 0 fully saturated rings. The Labute approximate surface area is 126 Å². The van der Waals surface area contributed by atoms with Crippen LogP contribution in [0.5, 0.6) is 5.75 Å². The molecule has 0 atom stereocenters. The fourth-order valence-electron chi connectivity index (χ4n) is 1.80. The van der Waals surface area contributed by atoms with Crippen molar-refractivity contribution in [3.05, 3.63) is 53.1 Å². The summed E-state index contributed by atoms with van der Waals surface area (Å²) in [4.78, 5) is 10.6. The van der Waals surface area contributed by atoms with Crippen molar-refractivity contribution in [2.45, 2.75) is 9.79 Å². The van der Waals surface area contributed by atoms with E-state index in [1.165, 1.54) is 31.4 Å². The van der Waals surface area contributed by atoms with Crippen LogP contribution >= 0.6 is 11.6 Å². The summed E-state index contributed by atoms with van der Waals surface area (Å²) in [6.45, 7) is 0. The van der Waals surface area contributed by atoms with E-state index >= 15 is 0 Å². The smallest absolute Gasteiger partial charge is 0.335 e. The second-order valence-electron chi connectivity index (χ2n) is 4.10. The van der Waals surface area contributed by atoms with Crippen LogP contribution in [0.25, 0.3) is 0 Å². The largest absolute Gasteiger partial charge is 0.495 e. The molecule has 0 saturated heterocycles. The maximum absolute atomic E-state index is 12.7. The highest BCUT2D eigenvalue weighted by Crippen LogP contribution is 2.33. The van der Waals surface area contributed by atoms with Crippen LogP contribution < -0.4 is 4.74 Å². The zero-order valence-electron chi connectivity index (χ0n) is 10.9. The molecule has 2 aromatic rings. The number of para-hydroxylation sites is 1. The summed E-state index contributed by atoms with van der Waals surface area (Å²) in [5, 5.41) is 8.92. The van der Waals surface area contributed by atoms with Crippen molar-refractivity contribution in [2.75, 3.05) is 7.11 Å². The van der Waals surface area contributed by atoms with E-state index in [4.69, 9.17) is 21.4 Å². The van der Waals surface area contributed by atoms with E-state index in [2.05, 4.69) is 0 Å². The molecule has 7 heteroatoms. The van der Waals surface area contributed by atoms with E-state index in [0.717, 1.165) is 6.07 Å². The van der Waals surface area contributed by atoms with Gasteiger partial charge in [0.1, 0.15) is 10.6 Å². The van der Waals surface area contributed by atoms with Crippen LogP contribution in [0.3, 0.4) is 0 Å². The Morgan fingerprint density at radius 1 is 1.14 bits per heavy atom. The molecular formula is C14H11ClO5S. The molecule has 0 unspecified atom stereocenters. The minimum atomic E-state index is -3.99. The lowest BCUT2D eigenvalue weighted by atomic mass is 10.2. The van der Waals surface area contributed by atoms with Gasteiger partial charge in [0, 0.05) is 0 Å². The molecule has 0 amide bonds. The van der Waals surface area contributed by atoms with E-state index in [1.807, 2.05) is 0 Å². The summed E-state index contributed by atoms with van der Waals surface area (Å²) in [6.07, 6.45) is 0. The summed E-state index contributed by atoms with van der Waals surface area (Å²) < 4.78 is 30.3. The van der Waals surface area contributed by atoms with Crippen molar-refractivity contribution in [2.24, 2.45) is 0 Å². The molecule has 0 bridgehead atoms. The van der Waals surface area contributed by atoms with E-state index in [0.29, 0.717) is 0 Å². The summed E-state index contributed by atoms with van der Waals surface area (Å²) in [6, 6.07) is 9.57. The van der Waals surface area contributed by atoms with Crippen LogP contribution in [-0.4, -0.2) is 26.6 Å². The molecule has 5 nitrogen and oxygen atoms in total. The fourth-order valence-corrected chi connectivity index (χ4v) is 3.74. The Bertz CT molecular complexity index is 799. The maximum Gasteiger partial charge on any atom is 0.335 e. The monoisotopic (exact) mass is 326 g/mol. The average Bonchev–Trinajstić information content (AvgIpc) is 2.47. The van der Waals surface area contributed by atoms with E-state index in [-0.39, 0.29) is 26.1 Å². The molecule has 0 radical (unpaired) electrons. The van der Waals surface area contributed by atoms with Gasteiger partial charge in [-0.2, -0.15) is 0 Å². The Balaban J connectivity index is 2.69.